The maximum Gasteiger partial charge on any atom is 0.146 e. The second-order valence-corrected chi connectivity index (χ2v) is 3.21. The molecule has 1 fully saturated rings. The summed E-state index contributed by atoms with van der Waals surface area (Å²) >= 11 is 0. The van der Waals surface area contributed by atoms with Crippen LogP contribution in [0.15, 0.2) is 12.4 Å². The fraction of sp³-hybridized carbons (Fsp3) is 0.444. The first-order valence-corrected chi connectivity index (χ1v) is 4.45. The minimum atomic E-state index is -0.292. The molecule has 1 atom stereocenters. The van der Waals surface area contributed by atoms with Crippen LogP contribution in [0.1, 0.15) is 18.0 Å². The summed E-state index contributed by atoms with van der Waals surface area (Å²) in [6.07, 6.45) is 3.46. The Balaban J connectivity index is 2.24. The molecule has 2 heterocycles. The van der Waals surface area contributed by atoms with Crippen LogP contribution in [0.3, 0.4) is 0 Å². The topological polar surface area (TPSA) is 78.1 Å². The first kappa shape index (κ1) is 9.08. The van der Waals surface area contributed by atoms with Gasteiger partial charge in [-0.15, -0.1) is 0 Å². The molecule has 2 N–H and O–H groups in total. The van der Waals surface area contributed by atoms with Crippen molar-refractivity contribution in [2.24, 2.45) is 0 Å². The molecule has 1 saturated heterocycles. The number of hydrogen-bond donors (Lipinski definition) is 1. The van der Waals surface area contributed by atoms with E-state index in [1.54, 1.807) is 6.20 Å². The summed E-state index contributed by atoms with van der Waals surface area (Å²) in [7, 11) is 0. The van der Waals surface area contributed by atoms with Gasteiger partial charge in [0, 0.05) is 12.6 Å². The lowest BCUT2D eigenvalue weighted by molar-refractivity contribution is -0.126. The molecular weight excluding hydrogens is 182 g/mol. The predicted molar refractivity (Wildman–Crippen MR) is 49.6 cm³/mol. The fourth-order valence-electron chi connectivity index (χ4n) is 1.46. The van der Waals surface area contributed by atoms with Gasteiger partial charge in [0.05, 0.1) is 31.0 Å². The van der Waals surface area contributed by atoms with E-state index in [-0.39, 0.29) is 11.7 Å². The standard InChI is InChI=1S/C9H11N3O2/c10-9-4-11-3-7(12-9)6-5-14-2-1-8(6)13/h3-4,6H,1-2,5H2,(H2,10,12). The molecule has 1 aromatic rings. The van der Waals surface area contributed by atoms with Gasteiger partial charge in [-0.2, -0.15) is 0 Å². The maximum atomic E-state index is 11.5. The van der Waals surface area contributed by atoms with Crippen LogP contribution in [0.25, 0.3) is 0 Å². The highest BCUT2D eigenvalue weighted by Gasteiger charge is 2.25. The quantitative estimate of drug-likeness (QED) is 0.686. The van der Waals surface area contributed by atoms with E-state index in [4.69, 9.17) is 10.5 Å². The van der Waals surface area contributed by atoms with Crippen LogP contribution in [0.5, 0.6) is 0 Å². The van der Waals surface area contributed by atoms with E-state index >= 15 is 0 Å². The van der Waals surface area contributed by atoms with E-state index in [9.17, 15) is 4.79 Å². The minimum Gasteiger partial charge on any atom is -0.382 e. The van der Waals surface area contributed by atoms with Crippen molar-refractivity contribution in [3.63, 3.8) is 0 Å². The van der Waals surface area contributed by atoms with Crippen LogP contribution < -0.4 is 5.73 Å². The van der Waals surface area contributed by atoms with Crippen LogP contribution >= 0.6 is 0 Å². The molecule has 5 nitrogen and oxygen atoms in total. The van der Waals surface area contributed by atoms with Gasteiger partial charge < -0.3 is 10.5 Å². The molecule has 0 amide bonds. The number of nitrogen functional groups attached to an aromatic ring is 1. The third kappa shape index (κ3) is 1.72. The second kappa shape index (κ2) is 3.71. The lowest BCUT2D eigenvalue weighted by Crippen LogP contribution is -2.26. The van der Waals surface area contributed by atoms with Gasteiger partial charge in [-0.3, -0.25) is 9.78 Å². The molecule has 1 aliphatic rings. The normalized spacial score (nSPS) is 22.3. The van der Waals surface area contributed by atoms with Gasteiger partial charge in [0.25, 0.3) is 0 Å². The van der Waals surface area contributed by atoms with Crippen molar-refractivity contribution in [1.29, 1.82) is 0 Å². The minimum absolute atomic E-state index is 0.149. The Labute approximate surface area is 81.3 Å². The molecular formula is C9H11N3O2. The number of carbonyl (C=O) groups is 1. The van der Waals surface area contributed by atoms with Crippen molar-refractivity contribution in [2.75, 3.05) is 18.9 Å². The molecule has 14 heavy (non-hydrogen) atoms. The maximum absolute atomic E-state index is 11.5. The second-order valence-electron chi connectivity index (χ2n) is 3.21. The smallest absolute Gasteiger partial charge is 0.146 e. The van der Waals surface area contributed by atoms with E-state index in [2.05, 4.69) is 9.97 Å². The van der Waals surface area contributed by atoms with Gasteiger partial charge >= 0.3 is 0 Å². The zero-order valence-electron chi connectivity index (χ0n) is 7.64. The van der Waals surface area contributed by atoms with Crippen molar-refractivity contribution < 1.29 is 9.53 Å². The predicted octanol–water partition coefficient (Wildman–Crippen LogP) is 0.132. The first-order chi connectivity index (χ1) is 6.77. The van der Waals surface area contributed by atoms with Gasteiger partial charge in [0.2, 0.25) is 0 Å². The summed E-state index contributed by atoms with van der Waals surface area (Å²) in [4.78, 5) is 19.5. The van der Waals surface area contributed by atoms with Crippen LogP contribution in [-0.4, -0.2) is 29.0 Å². The number of Topliss-reactive ketones (excluding diaryl/α,β-unsaturated/α-hetero) is 1. The Hall–Kier alpha value is -1.49. The van der Waals surface area contributed by atoms with Crippen LogP contribution in [0.4, 0.5) is 5.82 Å². The van der Waals surface area contributed by atoms with Gasteiger partial charge in [0.1, 0.15) is 11.6 Å². The zero-order chi connectivity index (χ0) is 9.97. The molecule has 1 aromatic heterocycles. The summed E-state index contributed by atoms with van der Waals surface area (Å²) in [5, 5.41) is 0. The Morgan fingerprint density at radius 1 is 1.50 bits per heavy atom. The third-order valence-electron chi connectivity index (χ3n) is 2.19. The summed E-state index contributed by atoms with van der Waals surface area (Å²) in [6, 6.07) is 0. The number of aromatic nitrogens is 2. The van der Waals surface area contributed by atoms with Crippen molar-refractivity contribution >= 4 is 11.6 Å². The van der Waals surface area contributed by atoms with Crippen molar-refractivity contribution in [3.05, 3.63) is 18.1 Å². The molecule has 0 spiro atoms. The molecule has 0 radical (unpaired) electrons. The number of rotatable bonds is 1. The number of carbonyl (C=O) groups excluding carboxylic acids is 1. The van der Waals surface area contributed by atoms with E-state index in [1.165, 1.54) is 6.20 Å². The Morgan fingerprint density at radius 3 is 3.07 bits per heavy atom. The highest BCUT2D eigenvalue weighted by Crippen LogP contribution is 2.20. The van der Waals surface area contributed by atoms with Crippen LogP contribution in [0, 0.1) is 0 Å². The molecule has 74 valence electrons. The van der Waals surface area contributed by atoms with E-state index in [0.717, 1.165) is 0 Å². The van der Waals surface area contributed by atoms with Crippen molar-refractivity contribution in [1.82, 2.24) is 9.97 Å². The first-order valence-electron chi connectivity index (χ1n) is 4.45. The molecule has 1 aliphatic heterocycles. The van der Waals surface area contributed by atoms with Gasteiger partial charge in [0.15, 0.2) is 0 Å². The molecule has 1 unspecified atom stereocenters. The van der Waals surface area contributed by atoms with E-state index in [1.807, 2.05) is 0 Å². The Morgan fingerprint density at radius 2 is 2.36 bits per heavy atom. The van der Waals surface area contributed by atoms with Crippen LogP contribution in [0.2, 0.25) is 0 Å². The Bertz CT molecular complexity index is 354. The van der Waals surface area contributed by atoms with Gasteiger partial charge in [-0.1, -0.05) is 0 Å². The highest BCUT2D eigenvalue weighted by atomic mass is 16.5. The number of hydrogen-bond acceptors (Lipinski definition) is 5. The van der Waals surface area contributed by atoms with Gasteiger partial charge in [-0.05, 0) is 0 Å². The van der Waals surface area contributed by atoms with Crippen LogP contribution in [-0.2, 0) is 9.53 Å². The number of ketones is 1. The van der Waals surface area contributed by atoms with E-state index < -0.39 is 0 Å². The SMILES string of the molecule is Nc1cncc(C2COCCC2=O)n1. The average Bonchev–Trinajstić information content (AvgIpc) is 2.18. The molecule has 0 aliphatic carbocycles. The number of ether oxygens (including phenoxy) is 1. The van der Waals surface area contributed by atoms with Crippen molar-refractivity contribution in [2.45, 2.75) is 12.3 Å². The molecule has 0 saturated carbocycles. The van der Waals surface area contributed by atoms with Crippen molar-refractivity contribution in [3.8, 4) is 0 Å². The lowest BCUT2D eigenvalue weighted by atomic mass is 9.97. The summed E-state index contributed by atoms with van der Waals surface area (Å²) < 4.78 is 5.22. The molecule has 5 heteroatoms. The molecule has 0 aromatic carbocycles. The Kier molecular flexibility index (Phi) is 2.41. The fourth-order valence-corrected chi connectivity index (χ4v) is 1.46. The zero-order valence-corrected chi connectivity index (χ0v) is 7.64. The summed E-state index contributed by atoms with van der Waals surface area (Å²) in [6.45, 7) is 0.891. The third-order valence-corrected chi connectivity index (χ3v) is 2.19. The summed E-state index contributed by atoms with van der Waals surface area (Å²) in [5.41, 5.74) is 6.09. The lowest BCUT2D eigenvalue weighted by Gasteiger charge is -2.19. The number of anilines is 1. The van der Waals surface area contributed by atoms with Gasteiger partial charge in [-0.25, -0.2) is 4.98 Å². The average molecular weight is 193 g/mol. The molecule has 0 bridgehead atoms. The monoisotopic (exact) mass is 193 g/mol. The highest BCUT2D eigenvalue weighted by molar-refractivity contribution is 5.86. The largest absolute Gasteiger partial charge is 0.382 e. The number of nitrogens with two attached hydrogens (primary N) is 1. The van der Waals surface area contributed by atoms with E-state index in [0.29, 0.717) is 31.1 Å². The molecule has 2 rings (SSSR count). The summed E-state index contributed by atoms with van der Waals surface area (Å²) in [5.74, 6) is 0.191. The number of nitrogens with zero attached hydrogens (tertiary/aromatic N) is 2.